The predicted molar refractivity (Wildman–Crippen MR) is 305 cm³/mol. The van der Waals surface area contributed by atoms with E-state index in [1.807, 2.05) is 158 Å². The fourth-order valence-corrected chi connectivity index (χ4v) is 10.8. The van der Waals surface area contributed by atoms with Gasteiger partial charge in [0.1, 0.15) is 60.2 Å². The van der Waals surface area contributed by atoms with E-state index in [-0.39, 0.29) is 32.7 Å². The van der Waals surface area contributed by atoms with Gasteiger partial charge in [-0.2, -0.15) is 0 Å². The van der Waals surface area contributed by atoms with Crippen LogP contribution in [0.15, 0.2) is 146 Å². The van der Waals surface area contributed by atoms with E-state index in [2.05, 4.69) is 20.6 Å². The molecule has 0 saturated carbocycles. The van der Waals surface area contributed by atoms with Crippen molar-refractivity contribution >= 4 is 46.4 Å². The molecule has 9 aromatic rings. The van der Waals surface area contributed by atoms with Gasteiger partial charge in [0.15, 0.2) is 12.6 Å². The summed E-state index contributed by atoms with van der Waals surface area (Å²) in [6.45, 7) is -1.49. The molecule has 0 amide bonds. The van der Waals surface area contributed by atoms with Gasteiger partial charge in [-0.15, -0.1) is 32.3 Å². The summed E-state index contributed by atoms with van der Waals surface area (Å²) in [5.74, 6) is 0. The molecule has 13 rings (SSSR count). The van der Waals surface area contributed by atoms with Gasteiger partial charge in [-0.3, -0.25) is 0 Å². The van der Waals surface area contributed by atoms with Crippen molar-refractivity contribution in [2.75, 3.05) is 13.2 Å². The number of hydrogen-bond donors (Lipinski definition) is 8. The zero-order chi connectivity index (χ0) is 57.6. The Balaban J connectivity index is 0.00000709. The van der Waals surface area contributed by atoms with Crippen molar-refractivity contribution in [1.82, 2.24) is 49.9 Å². The Kier molecular flexibility index (Phi) is 16.5. The Labute approximate surface area is 497 Å². The van der Waals surface area contributed by atoms with E-state index in [1.165, 1.54) is 0 Å². The molecule has 0 radical (unpaired) electrons. The van der Waals surface area contributed by atoms with Crippen LogP contribution < -0.4 is 9.97 Å². The van der Waals surface area contributed by atoms with Crippen molar-refractivity contribution in [2.45, 2.75) is 74.6 Å². The Morgan fingerprint density at radius 2 is 0.741 bits per heavy atom. The number of rotatable bonds is 14. The molecule has 0 unspecified atom stereocenters. The molecule has 0 aliphatic carbocycles. The Bertz CT molecular complexity index is 3820. The quantitative estimate of drug-likeness (QED) is 0.0701. The monoisotopic (exact) mass is 1190 g/mol. The van der Waals surface area contributed by atoms with Crippen molar-refractivity contribution in [3.63, 3.8) is 0 Å². The first-order valence-electron chi connectivity index (χ1n) is 27.0. The van der Waals surface area contributed by atoms with E-state index in [4.69, 9.17) is 38.9 Å². The number of fused-ring (bicyclic) bond motifs is 8. The molecular weight excluding hydrogens is 1140 g/mol. The van der Waals surface area contributed by atoms with Crippen LogP contribution in [0.4, 0.5) is 0 Å². The molecule has 4 aliphatic rings. The van der Waals surface area contributed by atoms with Crippen LogP contribution in [-0.4, -0.2) is 155 Å². The molecule has 426 valence electrons. The molecule has 85 heavy (non-hydrogen) atoms. The van der Waals surface area contributed by atoms with Crippen LogP contribution in [-0.2, 0) is 51.6 Å². The maximum Gasteiger partial charge on any atom is 2.00 e. The number of nitrogens with zero attached hydrogens (tertiary/aromatic N) is 10. The summed E-state index contributed by atoms with van der Waals surface area (Å²) in [6, 6.07) is 43.5. The minimum Gasteiger partial charge on any atom is -0.657 e. The number of hydrogen-bond acceptors (Lipinski definition) is 18. The average molecular weight is 1200 g/mol. The smallest absolute Gasteiger partial charge is 0.657 e. The van der Waals surface area contributed by atoms with E-state index in [1.54, 1.807) is 21.8 Å². The van der Waals surface area contributed by atoms with Crippen LogP contribution in [0.2, 0.25) is 0 Å². The molecule has 4 aliphatic heterocycles. The van der Waals surface area contributed by atoms with Gasteiger partial charge >= 0.3 is 19.5 Å². The van der Waals surface area contributed by atoms with Gasteiger partial charge in [-0.25, -0.2) is 19.3 Å². The van der Waals surface area contributed by atoms with E-state index in [9.17, 15) is 40.9 Å². The van der Waals surface area contributed by atoms with Crippen molar-refractivity contribution in [2.24, 2.45) is 0 Å². The van der Waals surface area contributed by atoms with Crippen LogP contribution in [0, 0.1) is 0 Å². The van der Waals surface area contributed by atoms with Crippen LogP contribution in [0.3, 0.4) is 0 Å². The second-order valence-corrected chi connectivity index (χ2v) is 20.5. The largest absolute Gasteiger partial charge is 2.00 e. The summed E-state index contributed by atoms with van der Waals surface area (Å²) in [6.07, 6.45) is -2.97. The first kappa shape index (κ1) is 57.3. The molecule has 9 heterocycles. The second-order valence-electron chi connectivity index (χ2n) is 20.5. The van der Waals surface area contributed by atoms with Crippen molar-refractivity contribution in [1.29, 1.82) is 0 Å². The van der Waals surface area contributed by atoms with Crippen LogP contribution in [0.1, 0.15) is 34.2 Å². The van der Waals surface area contributed by atoms with Crippen molar-refractivity contribution in [3.05, 3.63) is 180 Å². The number of aliphatic hydroxyl groups is 8. The molecule has 23 heteroatoms. The van der Waals surface area contributed by atoms with Gasteiger partial charge in [0.2, 0.25) is 0 Å². The van der Waals surface area contributed by atoms with E-state index < -0.39 is 74.6 Å². The SMILES string of the molecule is OC[C@H]1O[C@@H](OCc2cn(-c3ccc(-c4c5nc(c(-c6ccccc6)c6ccc([n-]6)c(-c6ccccc6)c6nc(c(-c7ccc(-n8cc(CO[C@@H]9O[C@H](CO)[C@@H](O)[C@H](O)[C@H]9O)nn8)cc7)c7ccc4[n-]7)C=C6)C=C5)cc3)nn2)[C@H](O)[C@@H](O)[C@@H]1O.[Zn+2]. The summed E-state index contributed by atoms with van der Waals surface area (Å²) in [5.41, 5.74) is 14.2. The maximum atomic E-state index is 10.5. The number of aromatic nitrogens is 10. The van der Waals surface area contributed by atoms with E-state index in [0.717, 1.165) is 55.5 Å². The third-order valence-corrected chi connectivity index (χ3v) is 15.1. The zero-order valence-electron chi connectivity index (χ0n) is 45.2. The molecule has 22 nitrogen and oxygen atoms in total. The molecular formula is C62H54N10O12Zn. The van der Waals surface area contributed by atoms with Crippen LogP contribution >= 0.6 is 0 Å². The first-order chi connectivity index (χ1) is 41.0. The summed E-state index contributed by atoms with van der Waals surface area (Å²) in [7, 11) is 0. The molecule has 4 aromatic carbocycles. The fraction of sp³-hybridized carbons (Fsp3) is 0.226. The third kappa shape index (κ3) is 11.3. The molecule has 0 spiro atoms. The summed E-state index contributed by atoms with van der Waals surface area (Å²) >= 11 is 0. The number of aliphatic hydroxyl groups excluding tert-OH is 8. The molecule has 2 fully saturated rings. The predicted octanol–water partition coefficient (Wildman–Crippen LogP) is 4.37. The third-order valence-electron chi connectivity index (χ3n) is 15.1. The topological polar surface area (TPSA) is 314 Å². The van der Waals surface area contributed by atoms with E-state index in [0.29, 0.717) is 56.6 Å². The zero-order valence-corrected chi connectivity index (χ0v) is 48.1. The molecule has 10 atom stereocenters. The average Bonchev–Trinajstić information content (AvgIpc) is 4.46. The van der Waals surface area contributed by atoms with Gasteiger partial charge in [-0.1, -0.05) is 120 Å². The van der Waals surface area contributed by atoms with Crippen LogP contribution in [0.25, 0.3) is 102 Å². The number of ether oxygens (including phenoxy) is 4. The summed E-state index contributed by atoms with van der Waals surface area (Å²) in [4.78, 5) is 21.5. The van der Waals surface area contributed by atoms with Crippen molar-refractivity contribution in [3.8, 4) is 55.9 Å². The Morgan fingerprint density at radius 3 is 1.07 bits per heavy atom. The van der Waals surface area contributed by atoms with E-state index >= 15 is 0 Å². The van der Waals surface area contributed by atoms with Gasteiger partial charge in [0.05, 0.1) is 73.0 Å². The Hall–Kier alpha value is -8.10. The number of benzene rings is 4. The summed E-state index contributed by atoms with van der Waals surface area (Å²) in [5, 5.41) is 98.3. The normalized spacial score (nSPS) is 22.8. The first-order valence-corrected chi connectivity index (χ1v) is 27.0. The molecule has 8 bridgehead atoms. The Morgan fingerprint density at radius 1 is 0.412 bits per heavy atom. The minimum atomic E-state index is -1.59. The van der Waals surface area contributed by atoms with Crippen molar-refractivity contribution < 1.29 is 79.3 Å². The second kappa shape index (κ2) is 24.5. The van der Waals surface area contributed by atoms with Crippen LogP contribution in [0.5, 0.6) is 0 Å². The van der Waals surface area contributed by atoms with Gasteiger partial charge in [0, 0.05) is 0 Å². The van der Waals surface area contributed by atoms with Gasteiger partial charge in [-0.05, 0) is 93.1 Å². The molecule has 5 aromatic heterocycles. The standard InChI is InChI=1S/C62H54N10O12.Zn/c73-29-49-55(75)57(77)59(79)61(83-49)81-31-37-27-71(69-67-37)39-15-11-35(12-16-39)53-45-23-21-43(64-45)51(33-7-3-1-4-8-33)41-19-20-42(63-41)52(34-9-5-2-6-10-34)44-22-24-46(65-44)54(48-26-25-47(53)66-48)36-13-17-40(18-14-36)72-28-38(68-70-72)32-82-62-60(80)58(78)56(76)50(30-74)84-62;/h1-28,49-50,55-62,73-80H,29-32H2;/q-2;+2/t49-,50-,55-,56-,57+,58+,59-,60-,61-,62-;/m1./s1. The van der Waals surface area contributed by atoms with Gasteiger partial charge in [0.25, 0.3) is 0 Å². The molecule has 2 saturated heterocycles. The minimum absolute atomic E-state index is 0. The maximum absolute atomic E-state index is 10.5. The molecule has 8 N–H and O–H groups in total. The summed E-state index contributed by atoms with van der Waals surface area (Å²) < 4.78 is 25.6. The fourth-order valence-electron chi connectivity index (χ4n) is 10.8. The van der Waals surface area contributed by atoms with Gasteiger partial charge < -0.3 is 69.8 Å².